The number of benzene rings is 1. The van der Waals surface area contributed by atoms with Gasteiger partial charge in [-0.25, -0.2) is 0 Å². The van der Waals surface area contributed by atoms with Crippen LogP contribution < -0.4 is 5.32 Å². The number of hydrogen-bond acceptors (Lipinski definition) is 3. The smallest absolute Gasteiger partial charge is 0.337 e. The van der Waals surface area contributed by atoms with Gasteiger partial charge in [0.15, 0.2) is 0 Å². The molecule has 0 radical (unpaired) electrons. The molecule has 0 aromatic heterocycles. The molecule has 0 unspecified atom stereocenters. The van der Waals surface area contributed by atoms with E-state index in [1.807, 2.05) is 0 Å². The van der Waals surface area contributed by atoms with E-state index in [0.29, 0.717) is 0 Å². The van der Waals surface area contributed by atoms with E-state index in [-0.39, 0.29) is 5.56 Å². The number of amides is 1. The highest BCUT2D eigenvalue weighted by molar-refractivity contribution is 8.01. The van der Waals surface area contributed by atoms with E-state index in [2.05, 4.69) is 0 Å². The molecule has 1 rings (SSSR count). The highest BCUT2D eigenvalue weighted by atomic mass is 32.2. The lowest BCUT2D eigenvalue weighted by molar-refractivity contribution is -0.137. The van der Waals surface area contributed by atoms with Gasteiger partial charge in [-0.1, -0.05) is 12.1 Å². The van der Waals surface area contributed by atoms with E-state index in [0.717, 1.165) is 18.2 Å². The van der Waals surface area contributed by atoms with E-state index in [9.17, 15) is 26.4 Å². The topological polar surface area (TPSA) is 83.5 Å². The molecule has 0 aliphatic carbocycles. The number of nitrogens with one attached hydrogen (secondary N) is 1. The molecule has 100 valence electrons. The van der Waals surface area contributed by atoms with E-state index in [1.165, 1.54) is 6.07 Å². The van der Waals surface area contributed by atoms with Gasteiger partial charge < -0.3 is 5.32 Å². The standard InChI is InChI=1S/C9H8F3NO4S/c10-9(11,12)7-3-1-2-6(4-7)5-13-8(14)18(15,16)17/h1-4H,5H2,(H,13,14)(H,15,16,17). The maximum absolute atomic E-state index is 12.3. The van der Waals surface area contributed by atoms with Gasteiger partial charge in [0.1, 0.15) is 0 Å². The minimum absolute atomic E-state index is 0.0572. The molecule has 2 N–H and O–H groups in total. The molecular weight excluding hydrogens is 275 g/mol. The molecule has 18 heavy (non-hydrogen) atoms. The number of rotatable bonds is 2. The SMILES string of the molecule is O=C(NCc1cccc(C(F)(F)F)c1)S(=O)(=O)O. The summed E-state index contributed by atoms with van der Waals surface area (Å²) in [6, 6.07) is 4.01. The van der Waals surface area contributed by atoms with Gasteiger partial charge in [-0.2, -0.15) is 21.6 Å². The Balaban J connectivity index is 2.79. The van der Waals surface area contributed by atoms with Crippen molar-refractivity contribution in [3.8, 4) is 0 Å². The monoisotopic (exact) mass is 283 g/mol. The number of carbonyl (C=O) groups excluding carboxylic acids is 1. The number of halogens is 3. The van der Waals surface area contributed by atoms with Crippen LogP contribution in [0.2, 0.25) is 0 Å². The molecule has 1 aromatic carbocycles. The van der Waals surface area contributed by atoms with Crippen LogP contribution in [0.5, 0.6) is 0 Å². The molecule has 0 spiro atoms. The van der Waals surface area contributed by atoms with Gasteiger partial charge in [-0.05, 0) is 17.7 Å². The summed E-state index contributed by atoms with van der Waals surface area (Å²) in [4.78, 5) is 10.7. The summed E-state index contributed by atoms with van der Waals surface area (Å²) in [5.41, 5.74) is -0.858. The lowest BCUT2D eigenvalue weighted by atomic mass is 10.1. The molecule has 0 saturated carbocycles. The molecule has 0 heterocycles. The third-order valence-electron chi connectivity index (χ3n) is 1.93. The van der Waals surface area contributed by atoms with Crippen molar-refractivity contribution < 1.29 is 30.9 Å². The van der Waals surface area contributed by atoms with Crippen molar-refractivity contribution in [2.45, 2.75) is 12.7 Å². The van der Waals surface area contributed by atoms with Crippen LogP contribution in [0.1, 0.15) is 11.1 Å². The van der Waals surface area contributed by atoms with Crippen molar-refractivity contribution >= 4 is 15.4 Å². The second-order valence-corrected chi connectivity index (χ2v) is 4.64. The first-order chi connectivity index (χ1) is 8.10. The van der Waals surface area contributed by atoms with Gasteiger partial charge in [0, 0.05) is 6.54 Å². The van der Waals surface area contributed by atoms with Crippen molar-refractivity contribution in [2.24, 2.45) is 0 Å². The van der Waals surface area contributed by atoms with Crippen LogP contribution in [0.4, 0.5) is 18.0 Å². The molecule has 0 aliphatic heterocycles. The van der Waals surface area contributed by atoms with Gasteiger partial charge >= 0.3 is 21.5 Å². The van der Waals surface area contributed by atoms with E-state index >= 15 is 0 Å². The Morgan fingerprint density at radius 1 is 1.33 bits per heavy atom. The fraction of sp³-hybridized carbons (Fsp3) is 0.222. The fourth-order valence-corrected chi connectivity index (χ4v) is 1.38. The van der Waals surface area contributed by atoms with Gasteiger partial charge in [0.2, 0.25) is 0 Å². The largest absolute Gasteiger partial charge is 0.416 e. The summed E-state index contributed by atoms with van der Waals surface area (Å²) in [5.74, 6) is 0. The van der Waals surface area contributed by atoms with Crippen LogP contribution >= 0.6 is 0 Å². The van der Waals surface area contributed by atoms with Crippen LogP contribution in [0, 0.1) is 0 Å². The summed E-state index contributed by atoms with van der Waals surface area (Å²) in [6.45, 7) is -0.442. The second kappa shape index (κ2) is 4.94. The number of hydrogen-bond donors (Lipinski definition) is 2. The summed E-state index contributed by atoms with van der Waals surface area (Å²) in [7, 11) is -4.88. The summed E-state index contributed by atoms with van der Waals surface area (Å²) < 4.78 is 66.0. The maximum Gasteiger partial charge on any atom is 0.416 e. The Morgan fingerprint density at radius 3 is 2.44 bits per heavy atom. The van der Waals surface area contributed by atoms with Crippen molar-refractivity contribution in [3.05, 3.63) is 35.4 Å². The van der Waals surface area contributed by atoms with Gasteiger partial charge in [-0.15, -0.1) is 0 Å². The summed E-state index contributed by atoms with van der Waals surface area (Å²) >= 11 is 0. The number of carbonyl (C=O) groups is 1. The third kappa shape index (κ3) is 4.00. The highest BCUT2D eigenvalue weighted by Gasteiger charge is 2.30. The average Bonchev–Trinajstić information content (AvgIpc) is 2.23. The molecule has 0 saturated heterocycles. The van der Waals surface area contributed by atoms with E-state index in [1.54, 1.807) is 5.32 Å². The molecule has 9 heteroatoms. The lowest BCUT2D eigenvalue weighted by Gasteiger charge is -2.08. The zero-order valence-electron chi connectivity index (χ0n) is 8.73. The first-order valence-corrected chi connectivity index (χ1v) is 5.96. The Labute approximate surface area is 100 Å². The van der Waals surface area contributed by atoms with Crippen molar-refractivity contribution in [2.75, 3.05) is 0 Å². The molecule has 1 aromatic rings. The van der Waals surface area contributed by atoms with E-state index < -0.39 is 33.6 Å². The predicted octanol–water partition coefficient (Wildman–Crippen LogP) is 1.80. The molecular formula is C9H8F3NO4S. The molecule has 0 aliphatic rings. The Hall–Kier alpha value is -1.61. The Bertz CT molecular complexity index is 553. The first kappa shape index (κ1) is 14.5. The summed E-state index contributed by atoms with van der Waals surface area (Å²) in [5, 5.41) is 0.107. The molecule has 0 fully saturated rings. The number of alkyl halides is 3. The van der Waals surface area contributed by atoms with Crippen LogP contribution in [-0.2, 0) is 22.8 Å². The quantitative estimate of drug-likeness (QED) is 0.811. The zero-order chi connectivity index (χ0) is 14.0. The van der Waals surface area contributed by atoms with Crippen LogP contribution in [0.15, 0.2) is 24.3 Å². The van der Waals surface area contributed by atoms with Gasteiger partial charge in [0.05, 0.1) is 5.56 Å². The molecule has 0 atom stereocenters. The lowest BCUT2D eigenvalue weighted by Crippen LogP contribution is -2.28. The van der Waals surface area contributed by atoms with Crippen molar-refractivity contribution in [1.82, 2.24) is 5.32 Å². The van der Waals surface area contributed by atoms with Crippen LogP contribution in [0.3, 0.4) is 0 Å². The highest BCUT2D eigenvalue weighted by Crippen LogP contribution is 2.29. The second-order valence-electron chi connectivity index (χ2n) is 3.31. The molecule has 0 bridgehead atoms. The van der Waals surface area contributed by atoms with Crippen molar-refractivity contribution in [1.29, 1.82) is 0 Å². The van der Waals surface area contributed by atoms with Crippen LogP contribution in [-0.4, -0.2) is 18.2 Å². The Morgan fingerprint density at radius 2 is 1.94 bits per heavy atom. The minimum Gasteiger partial charge on any atom is -0.337 e. The van der Waals surface area contributed by atoms with Crippen LogP contribution in [0.25, 0.3) is 0 Å². The van der Waals surface area contributed by atoms with E-state index in [4.69, 9.17) is 4.55 Å². The molecule has 1 amide bonds. The third-order valence-corrected chi connectivity index (χ3v) is 2.54. The van der Waals surface area contributed by atoms with Gasteiger partial charge in [0.25, 0.3) is 0 Å². The average molecular weight is 283 g/mol. The normalized spacial score (nSPS) is 12.2. The van der Waals surface area contributed by atoms with Crippen molar-refractivity contribution in [3.63, 3.8) is 0 Å². The first-order valence-electron chi connectivity index (χ1n) is 4.52. The van der Waals surface area contributed by atoms with Gasteiger partial charge in [-0.3, -0.25) is 9.35 Å². The fourth-order valence-electron chi connectivity index (χ4n) is 1.12. The predicted molar refractivity (Wildman–Crippen MR) is 55.2 cm³/mol. The minimum atomic E-state index is -4.88. The summed E-state index contributed by atoms with van der Waals surface area (Å²) in [6.07, 6.45) is -4.52. The maximum atomic E-state index is 12.3. The Kier molecular flexibility index (Phi) is 3.97. The zero-order valence-corrected chi connectivity index (χ0v) is 9.55. The molecule has 5 nitrogen and oxygen atoms in total.